The summed E-state index contributed by atoms with van der Waals surface area (Å²) in [6.45, 7) is 5.96. The Balaban J connectivity index is 1.69. The van der Waals surface area contributed by atoms with Crippen molar-refractivity contribution in [3.05, 3.63) is 29.3 Å². The van der Waals surface area contributed by atoms with Crippen LogP contribution in [0.2, 0.25) is 0 Å². The molecular formula is C19H25N3O3S. The summed E-state index contributed by atoms with van der Waals surface area (Å²) in [6.07, 6.45) is 1.00. The van der Waals surface area contributed by atoms with Crippen LogP contribution in [-0.4, -0.2) is 61.1 Å². The van der Waals surface area contributed by atoms with Crippen molar-refractivity contribution in [1.29, 1.82) is 0 Å². The van der Waals surface area contributed by atoms with Gasteiger partial charge in [0, 0.05) is 51.1 Å². The van der Waals surface area contributed by atoms with Gasteiger partial charge in [-0.1, -0.05) is 0 Å². The van der Waals surface area contributed by atoms with E-state index >= 15 is 0 Å². The van der Waals surface area contributed by atoms with Crippen molar-refractivity contribution in [1.82, 2.24) is 14.8 Å². The van der Waals surface area contributed by atoms with Crippen molar-refractivity contribution in [2.24, 2.45) is 0 Å². The van der Waals surface area contributed by atoms with Gasteiger partial charge < -0.3 is 14.4 Å². The number of hydrogen-bond acceptors (Lipinski definition) is 6. The summed E-state index contributed by atoms with van der Waals surface area (Å²) >= 11 is 1.62. The fourth-order valence-corrected chi connectivity index (χ4v) is 3.99. The molecule has 1 amide bonds. The number of carbonyl (C=O) groups excluding carboxylic acids is 1. The molecule has 2 aromatic rings. The number of hydrogen-bond donors (Lipinski definition) is 0. The Hall–Kier alpha value is -2.12. The molecule has 0 aliphatic carbocycles. The van der Waals surface area contributed by atoms with Crippen LogP contribution in [0.25, 0.3) is 10.6 Å². The molecule has 6 nitrogen and oxygen atoms in total. The second-order valence-electron chi connectivity index (χ2n) is 6.35. The zero-order valence-corrected chi connectivity index (χ0v) is 16.3. The van der Waals surface area contributed by atoms with E-state index in [2.05, 4.69) is 10.3 Å². The third-order valence-corrected chi connectivity index (χ3v) is 5.53. The Bertz CT molecular complexity index is 762. The maximum atomic E-state index is 11.6. The van der Waals surface area contributed by atoms with E-state index < -0.39 is 0 Å². The summed E-state index contributed by atoms with van der Waals surface area (Å²) in [7, 11) is 3.30. The van der Waals surface area contributed by atoms with Gasteiger partial charge in [0.15, 0.2) is 0 Å². The lowest BCUT2D eigenvalue weighted by molar-refractivity contribution is -0.128. The number of methoxy groups -OCH3 is 2. The van der Waals surface area contributed by atoms with Gasteiger partial charge in [0.2, 0.25) is 5.91 Å². The number of rotatable bonds is 5. The maximum absolute atomic E-state index is 11.6. The van der Waals surface area contributed by atoms with Crippen molar-refractivity contribution in [2.75, 3.05) is 40.4 Å². The first-order valence-corrected chi connectivity index (χ1v) is 9.63. The van der Waals surface area contributed by atoms with Gasteiger partial charge in [-0.15, -0.1) is 11.3 Å². The molecular weight excluding hydrogens is 350 g/mol. The summed E-state index contributed by atoms with van der Waals surface area (Å²) in [4.78, 5) is 20.7. The molecule has 0 spiro atoms. The Morgan fingerprint density at radius 1 is 1.19 bits per heavy atom. The normalized spacial score (nSPS) is 15.6. The van der Waals surface area contributed by atoms with Crippen molar-refractivity contribution in [2.45, 2.75) is 19.9 Å². The lowest BCUT2D eigenvalue weighted by Gasteiger charge is -2.20. The van der Waals surface area contributed by atoms with E-state index in [0.29, 0.717) is 0 Å². The lowest BCUT2D eigenvalue weighted by atomic mass is 10.2. The number of carbonyl (C=O) groups is 1. The molecule has 1 aromatic carbocycles. The summed E-state index contributed by atoms with van der Waals surface area (Å²) < 4.78 is 10.7. The Morgan fingerprint density at radius 2 is 2.04 bits per heavy atom. The number of aromatic nitrogens is 1. The minimum Gasteiger partial charge on any atom is -0.497 e. The summed E-state index contributed by atoms with van der Waals surface area (Å²) in [6, 6.07) is 5.78. The predicted molar refractivity (Wildman–Crippen MR) is 103 cm³/mol. The highest BCUT2D eigenvalue weighted by Gasteiger charge is 2.18. The van der Waals surface area contributed by atoms with E-state index in [1.54, 1.807) is 32.5 Å². The summed E-state index contributed by atoms with van der Waals surface area (Å²) in [5.74, 6) is 1.69. The monoisotopic (exact) mass is 375 g/mol. The van der Waals surface area contributed by atoms with Gasteiger partial charge in [-0.2, -0.15) is 0 Å². The Morgan fingerprint density at radius 3 is 2.77 bits per heavy atom. The van der Waals surface area contributed by atoms with Crippen LogP contribution in [-0.2, 0) is 11.3 Å². The van der Waals surface area contributed by atoms with E-state index in [4.69, 9.17) is 14.5 Å². The first-order valence-electron chi connectivity index (χ1n) is 8.75. The fourth-order valence-electron chi connectivity index (χ4n) is 3.15. The summed E-state index contributed by atoms with van der Waals surface area (Å²) in [5.41, 5.74) is 2.03. The molecule has 0 bridgehead atoms. The molecule has 2 heterocycles. The average Bonchev–Trinajstić information content (AvgIpc) is 2.98. The number of ether oxygens (including phenoxy) is 2. The van der Waals surface area contributed by atoms with Gasteiger partial charge in [-0.05, 0) is 18.6 Å². The quantitative estimate of drug-likeness (QED) is 0.804. The van der Waals surface area contributed by atoms with E-state index in [1.165, 1.54) is 0 Å². The first kappa shape index (κ1) is 18.7. The van der Waals surface area contributed by atoms with E-state index in [1.807, 2.05) is 23.1 Å². The van der Waals surface area contributed by atoms with Gasteiger partial charge in [-0.3, -0.25) is 9.69 Å². The maximum Gasteiger partial charge on any atom is 0.219 e. The van der Waals surface area contributed by atoms with E-state index in [0.717, 1.165) is 66.9 Å². The van der Waals surface area contributed by atoms with Gasteiger partial charge in [-0.25, -0.2) is 4.98 Å². The highest BCUT2D eigenvalue weighted by atomic mass is 32.1. The van der Waals surface area contributed by atoms with Crippen LogP contribution in [0.5, 0.6) is 11.5 Å². The van der Waals surface area contributed by atoms with Crippen molar-refractivity contribution in [3.63, 3.8) is 0 Å². The molecule has 0 atom stereocenters. The SMILES string of the molecule is COc1ccc(-c2nc(CN3CCCN(C(C)=O)CC3)cs2)c(OC)c1. The summed E-state index contributed by atoms with van der Waals surface area (Å²) in [5, 5.41) is 3.05. The molecule has 3 rings (SSSR count). The average molecular weight is 375 g/mol. The molecule has 7 heteroatoms. The fraction of sp³-hybridized carbons (Fsp3) is 0.474. The molecule has 1 aromatic heterocycles. The van der Waals surface area contributed by atoms with Crippen LogP contribution in [0, 0.1) is 0 Å². The third-order valence-electron chi connectivity index (χ3n) is 4.61. The van der Waals surface area contributed by atoms with Crippen LogP contribution >= 0.6 is 11.3 Å². The van der Waals surface area contributed by atoms with Crippen molar-refractivity contribution < 1.29 is 14.3 Å². The zero-order chi connectivity index (χ0) is 18.5. The molecule has 140 valence electrons. The van der Waals surface area contributed by atoms with E-state index in [-0.39, 0.29) is 5.91 Å². The molecule has 0 saturated carbocycles. The number of amides is 1. The van der Waals surface area contributed by atoms with Crippen LogP contribution in [0.15, 0.2) is 23.6 Å². The molecule has 0 unspecified atom stereocenters. The van der Waals surface area contributed by atoms with Crippen LogP contribution < -0.4 is 9.47 Å². The highest BCUT2D eigenvalue weighted by Crippen LogP contribution is 2.35. The topological polar surface area (TPSA) is 54.9 Å². The number of thiazole rings is 1. The Labute approximate surface area is 158 Å². The lowest BCUT2D eigenvalue weighted by Crippen LogP contribution is -2.33. The molecule has 26 heavy (non-hydrogen) atoms. The second kappa shape index (κ2) is 8.51. The Kier molecular flexibility index (Phi) is 6.11. The smallest absolute Gasteiger partial charge is 0.219 e. The molecule has 1 saturated heterocycles. The van der Waals surface area contributed by atoms with Gasteiger partial charge in [0.05, 0.1) is 25.5 Å². The zero-order valence-electron chi connectivity index (χ0n) is 15.5. The molecule has 1 aliphatic rings. The van der Waals surface area contributed by atoms with Gasteiger partial charge >= 0.3 is 0 Å². The minimum absolute atomic E-state index is 0.161. The molecule has 1 fully saturated rings. The van der Waals surface area contributed by atoms with Crippen molar-refractivity contribution in [3.8, 4) is 22.1 Å². The molecule has 0 N–H and O–H groups in total. The van der Waals surface area contributed by atoms with Gasteiger partial charge in [0.1, 0.15) is 16.5 Å². The highest BCUT2D eigenvalue weighted by molar-refractivity contribution is 7.13. The standard InChI is InChI=1S/C19H25N3O3S/c1-14(23)22-8-4-7-21(9-10-22)12-15-13-26-19(20-15)17-6-5-16(24-2)11-18(17)25-3/h5-6,11,13H,4,7-10,12H2,1-3H3. The van der Waals surface area contributed by atoms with Crippen LogP contribution in [0.1, 0.15) is 19.0 Å². The number of nitrogens with zero attached hydrogens (tertiary/aromatic N) is 3. The molecule has 0 radical (unpaired) electrons. The van der Waals surface area contributed by atoms with Crippen molar-refractivity contribution >= 4 is 17.2 Å². The molecule has 1 aliphatic heterocycles. The second-order valence-corrected chi connectivity index (χ2v) is 7.20. The first-order chi connectivity index (χ1) is 12.6. The third kappa shape index (κ3) is 4.34. The number of benzene rings is 1. The predicted octanol–water partition coefficient (Wildman–Crippen LogP) is 2.88. The van der Waals surface area contributed by atoms with Crippen LogP contribution in [0.4, 0.5) is 0 Å². The minimum atomic E-state index is 0.161. The van der Waals surface area contributed by atoms with Crippen LogP contribution in [0.3, 0.4) is 0 Å². The van der Waals surface area contributed by atoms with E-state index in [9.17, 15) is 4.79 Å². The largest absolute Gasteiger partial charge is 0.497 e. The van der Waals surface area contributed by atoms with Gasteiger partial charge in [0.25, 0.3) is 0 Å².